The highest BCUT2D eigenvalue weighted by Gasteiger charge is 2.35. The molecule has 1 aromatic rings. The third kappa shape index (κ3) is 5.87. The Morgan fingerprint density at radius 3 is 2.52 bits per heavy atom. The number of allylic oxidation sites excluding steroid dienone is 1. The average Bonchev–Trinajstić information content (AvgIpc) is 2.56. The summed E-state index contributed by atoms with van der Waals surface area (Å²) in [6, 6.07) is 10.4. The molecule has 1 aliphatic heterocycles. The van der Waals surface area contributed by atoms with E-state index in [4.69, 9.17) is 4.74 Å². The van der Waals surface area contributed by atoms with Crippen molar-refractivity contribution in [2.24, 2.45) is 0 Å². The SMILES string of the molecule is C=CCC=O.C=CCSC1(c2ccccc2)CNCCO1. The first-order valence-corrected chi connectivity index (χ1v) is 7.97. The number of aldehydes is 1. The first-order valence-electron chi connectivity index (χ1n) is 6.98. The number of hydrogen-bond acceptors (Lipinski definition) is 4. The van der Waals surface area contributed by atoms with Crippen molar-refractivity contribution in [1.82, 2.24) is 5.32 Å². The molecule has 1 aliphatic rings. The maximum absolute atomic E-state index is 9.33. The molecule has 3 nitrogen and oxygen atoms in total. The summed E-state index contributed by atoms with van der Waals surface area (Å²) in [6.45, 7) is 9.65. The molecule has 1 unspecified atom stereocenters. The predicted molar refractivity (Wildman–Crippen MR) is 90.5 cm³/mol. The summed E-state index contributed by atoms with van der Waals surface area (Å²) in [4.78, 5) is 9.09. The maximum atomic E-state index is 9.33. The van der Waals surface area contributed by atoms with Crippen molar-refractivity contribution in [3.63, 3.8) is 0 Å². The second kappa shape index (κ2) is 10.4. The fourth-order valence-electron chi connectivity index (χ4n) is 1.91. The van der Waals surface area contributed by atoms with Gasteiger partial charge in [0.25, 0.3) is 0 Å². The first kappa shape index (κ1) is 17.7. The number of morpholine rings is 1. The van der Waals surface area contributed by atoms with Crippen LogP contribution >= 0.6 is 11.8 Å². The molecular formula is C17H23NO2S. The molecule has 0 amide bonds. The number of nitrogens with one attached hydrogen (secondary N) is 1. The molecule has 1 heterocycles. The number of carbonyl (C=O) groups excluding carboxylic acids is 1. The van der Waals surface area contributed by atoms with E-state index in [2.05, 4.69) is 42.7 Å². The lowest BCUT2D eigenvalue weighted by Gasteiger charge is -2.37. The number of carbonyl (C=O) groups is 1. The van der Waals surface area contributed by atoms with Gasteiger partial charge in [-0.25, -0.2) is 0 Å². The molecule has 0 radical (unpaired) electrons. The van der Waals surface area contributed by atoms with E-state index >= 15 is 0 Å². The zero-order chi connectivity index (χ0) is 15.4. The van der Waals surface area contributed by atoms with Gasteiger partial charge < -0.3 is 14.8 Å². The van der Waals surface area contributed by atoms with Crippen LogP contribution in [0.15, 0.2) is 55.6 Å². The molecule has 0 saturated carbocycles. The molecule has 1 saturated heterocycles. The molecule has 21 heavy (non-hydrogen) atoms. The third-order valence-corrected chi connectivity index (χ3v) is 4.25. The second-order valence-electron chi connectivity index (χ2n) is 4.43. The molecule has 2 rings (SSSR count). The molecule has 1 atom stereocenters. The summed E-state index contributed by atoms with van der Waals surface area (Å²) in [5.41, 5.74) is 1.23. The average molecular weight is 305 g/mol. The van der Waals surface area contributed by atoms with Crippen LogP contribution in [0.4, 0.5) is 0 Å². The minimum atomic E-state index is -0.242. The van der Waals surface area contributed by atoms with Gasteiger partial charge in [-0.15, -0.1) is 24.9 Å². The lowest BCUT2D eigenvalue weighted by atomic mass is 10.1. The van der Waals surface area contributed by atoms with E-state index in [0.717, 1.165) is 31.7 Å². The summed E-state index contributed by atoms with van der Waals surface area (Å²) in [5.74, 6) is 0.899. The summed E-state index contributed by atoms with van der Waals surface area (Å²) in [5, 5.41) is 3.40. The van der Waals surface area contributed by atoms with Crippen LogP contribution in [-0.4, -0.2) is 31.7 Å². The monoisotopic (exact) mass is 305 g/mol. The van der Waals surface area contributed by atoms with Crippen molar-refractivity contribution in [1.29, 1.82) is 0 Å². The third-order valence-electron chi connectivity index (χ3n) is 2.88. The van der Waals surface area contributed by atoms with E-state index in [1.165, 1.54) is 5.56 Å². The largest absolute Gasteiger partial charge is 0.357 e. The second-order valence-corrected chi connectivity index (χ2v) is 5.72. The van der Waals surface area contributed by atoms with Crippen molar-refractivity contribution < 1.29 is 9.53 Å². The van der Waals surface area contributed by atoms with Crippen molar-refractivity contribution in [3.8, 4) is 0 Å². The van der Waals surface area contributed by atoms with Gasteiger partial charge in [0.05, 0.1) is 6.61 Å². The molecule has 0 spiro atoms. The van der Waals surface area contributed by atoms with Crippen LogP contribution in [-0.2, 0) is 14.5 Å². The fraction of sp³-hybridized carbons (Fsp3) is 0.353. The molecule has 1 N–H and O–H groups in total. The number of hydrogen-bond donors (Lipinski definition) is 1. The van der Waals surface area contributed by atoms with Crippen molar-refractivity contribution in [2.75, 3.05) is 25.4 Å². The normalized spacial score (nSPS) is 20.8. The van der Waals surface area contributed by atoms with Crippen molar-refractivity contribution in [3.05, 3.63) is 61.2 Å². The Balaban J connectivity index is 0.000000383. The summed E-state index contributed by atoms with van der Waals surface area (Å²) in [7, 11) is 0. The highest BCUT2D eigenvalue weighted by atomic mass is 32.2. The lowest BCUT2D eigenvalue weighted by molar-refractivity contribution is -0.107. The highest BCUT2D eigenvalue weighted by Crippen LogP contribution is 2.38. The highest BCUT2D eigenvalue weighted by molar-refractivity contribution is 8.00. The standard InChI is InChI=1S/C13H17NOS.C4H6O/c1-2-10-16-13(11-14-8-9-15-13)12-6-4-3-5-7-12;1-2-3-4-5/h2-7,14H,1,8-11H2;2,4H,1,3H2. The summed E-state index contributed by atoms with van der Waals surface area (Å²) >= 11 is 1.80. The molecule has 4 heteroatoms. The molecule has 0 aromatic heterocycles. The van der Waals surface area contributed by atoms with Gasteiger partial charge in [0.15, 0.2) is 4.93 Å². The van der Waals surface area contributed by atoms with Crippen LogP contribution < -0.4 is 5.32 Å². The summed E-state index contributed by atoms with van der Waals surface area (Å²) in [6.07, 6.45) is 4.77. The van der Waals surface area contributed by atoms with E-state index in [9.17, 15) is 4.79 Å². The molecule has 0 bridgehead atoms. The molecule has 0 aliphatic carbocycles. The molecular weight excluding hydrogens is 282 g/mol. The minimum absolute atomic E-state index is 0.242. The van der Waals surface area contributed by atoms with Gasteiger partial charge in [-0.3, -0.25) is 0 Å². The topological polar surface area (TPSA) is 38.3 Å². The predicted octanol–water partition coefficient (Wildman–Crippen LogP) is 3.14. The Bertz CT molecular complexity index is 422. The Morgan fingerprint density at radius 2 is 2.05 bits per heavy atom. The van der Waals surface area contributed by atoms with E-state index in [0.29, 0.717) is 6.42 Å². The van der Waals surface area contributed by atoms with Gasteiger partial charge in [-0.2, -0.15) is 0 Å². The quantitative estimate of drug-likeness (QED) is 0.647. The number of benzene rings is 1. The Labute approximate surface area is 131 Å². The molecule has 114 valence electrons. The number of thioether (sulfide) groups is 1. The zero-order valence-electron chi connectivity index (χ0n) is 12.3. The van der Waals surface area contributed by atoms with E-state index in [-0.39, 0.29) is 4.93 Å². The van der Waals surface area contributed by atoms with Gasteiger partial charge in [0.1, 0.15) is 6.29 Å². The van der Waals surface area contributed by atoms with Crippen LogP contribution in [0.2, 0.25) is 0 Å². The summed E-state index contributed by atoms with van der Waals surface area (Å²) < 4.78 is 6.01. The van der Waals surface area contributed by atoms with E-state index in [1.54, 1.807) is 17.8 Å². The number of ether oxygens (including phenoxy) is 1. The Kier molecular flexibility index (Phi) is 8.74. The van der Waals surface area contributed by atoms with Gasteiger partial charge in [0.2, 0.25) is 0 Å². The van der Waals surface area contributed by atoms with E-state index < -0.39 is 0 Å². The zero-order valence-corrected chi connectivity index (χ0v) is 13.1. The van der Waals surface area contributed by atoms with Crippen LogP contribution in [0.25, 0.3) is 0 Å². The van der Waals surface area contributed by atoms with Gasteiger partial charge >= 0.3 is 0 Å². The fourth-order valence-corrected chi connectivity index (χ4v) is 2.97. The smallest absolute Gasteiger partial charge is 0.151 e. The lowest BCUT2D eigenvalue weighted by Crippen LogP contribution is -2.45. The van der Waals surface area contributed by atoms with Gasteiger partial charge in [-0.1, -0.05) is 42.5 Å². The van der Waals surface area contributed by atoms with Crippen LogP contribution in [0.5, 0.6) is 0 Å². The van der Waals surface area contributed by atoms with Crippen LogP contribution in [0.3, 0.4) is 0 Å². The maximum Gasteiger partial charge on any atom is 0.151 e. The Hall–Kier alpha value is -1.36. The minimum Gasteiger partial charge on any atom is -0.357 e. The van der Waals surface area contributed by atoms with Crippen LogP contribution in [0.1, 0.15) is 12.0 Å². The van der Waals surface area contributed by atoms with Crippen molar-refractivity contribution >= 4 is 18.0 Å². The van der Waals surface area contributed by atoms with Gasteiger partial charge in [0, 0.05) is 25.3 Å². The van der Waals surface area contributed by atoms with E-state index in [1.807, 2.05) is 12.1 Å². The van der Waals surface area contributed by atoms with Gasteiger partial charge in [-0.05, 0) is 5.56 Å². The first-order chi connectivity index (χ1) is 10.3. The Morgan fingerprint density at radius 1 is 1.29 bits per heavy atom. The van der Waals surface area contributed by atoms with Crippen molar-refractivity contribution in [2.45, 2.75) is 11.4 Å². The number of rotatable bonds is 6. The molecule has 1 fully saturated rings. The van der Waals surface area contributed by atoms with Crippen LogP contribution in [0, 0.1) is 0 Å². The molecule has 1 aromatic carbocycles.